The highest BCUT2D eigenvalue weighted by Gasteiger charge is 2.27. The molecule has 0 fully saturated rings. The van der Waals surface area contributed by atoms with E-state index in [0.29, 0.717) is 5.13 Å². The highest BCUT2D eigenvalue weighted by Crippen LogP contribution is 2.16. The largest absolute Gasteiger partial charge is 0.383 e. The second-order valence-corrected chi connectivity index (χ2v) is 3.32. The van der Waals surface area contributed by atoms with Crippen LogP contribution in [0.2, 0.25) is 0 Å². The first-order chi connectivity index (χ1) is 6.77. The molecule has 2 rings (SSSR count). The van der Waals surface area contributed by atoms with Crippen LogP contribution in [0.5, 0.6) is 0 Å². The number of amidine groups is 1. The first kappa shape index (κ1) is 8.75. The lowest BCUT2D eigenvalue weighted by molar-refractivity contribution is -0.120. The van der Waals surface area contributed by atoms with Gasteiger partial charge in [-0.2, -0.15) is 10.2 Å². The van der Waals surface area contributed by atoms with Crippen molar-refractivity contribution in [3.63, 3.8) is 0 Å². The third kappa shape index (κ3) is 1.59. The predicted molar refractivity (Wildman–Crippen MR) is 50.2 cm³/mol. The van der Waals surface area contributed by atoms with Gasteiger partial charge in [-0.3, -0.25) is 4.79 Å². The van der Waals surface area contributed by atoms with Crippen LogP contribution in [0, 0.1) is 0 Å². The van der Waals surface area contributed by atoms with E-state index in [1.165, 1.54) is 11.3 Å². The van der Waals surface area contributed by atoms with Gasteiger partial charge < -0.3 is 5.73 Å². The molecule has 1 amide bonds. The second-order valence-electron chi connectivity index (χ2n) is 2.45. The van der Waals surface area contributed by atoms with Crippen LogP contribution in [-0.2, 0) is 4.79 Å². The van der Waals surface area contributed by atoms with Crippen LogP contribution < -0.4 is 11.2 Å². The lowest BCUT2D eigenvalue weighted by atomic mass is 10.3. The van der Waals surface area contributed by atoms with Gasteiger partial charge in [-0.05, 0) is 0 Å². The summed E-state index contributed by atoms with van der Waals surface area (Å²) in [5, 5.41) is 13.3. The summed E-state index contributed by atoms with van der Waals surface area (Å²) in [5.41, 5.74) is 7.61. The Kier molecular flexibility index (Phi) is 2.19. The normalized spacial score (nSPS) is 21.3. The Morgan fingerprint density at radius 3 is 3.07 bits per heavy atom. The van der Waals surface area contributed by atoms with Gasteiger partial charge in [-0.1, -0.05) is 0 Å². The molecule has 1 aromatic rings. The Labute approximate surface area is 82.7 Å². The van der Waals surface area contributed by atoms with E-state index in [1.807, 2.05) is 0 Å². The van der Waals surface area contributed by atoms with Gasteiger partial charge >= 0.3 is 0 Å². The number of amides is 1. The summed E-state index contributed by atoms with van der Waals surface area (Å²) in [6.45, 7) is 0. The van der Waals surface area contributed by atoms with Crippen molar-refractivity contribution < 1.29 is 4.79 Å². The summed E-state index contributed by atoms with van der Waals surface area (Å²) in [6, 6.07) is -0.820. The Bertz CT molecular complexity index is 396. The SMILES string of the molecule is NC1=NNC(=O)C1N=Nc1nccs1. The maximum atomic E-state index is 11.1. The topological polar surface area (TPSA) is 105 Å². The van der Waals surface area contributed by atoms with Crippen molar-refractivity contribution in [1.82, 2.24) is 10.4 Å². The van der Waals surface area contributed by atoms with E-state index in [4.69, 9.17) is 5.73 Å². The number of aromatic nitrogens is 1. The molecule has 1 aliphatic rings. The summed E-state index contributed by atoms with van der Waals surface area (Å²) in [7, 11) is 0. The van der Waals surface area contributed by atoms with Crippen molar-refractivity contribution >= 4 is 28.2 Å². The summed E-state index contributed by atoms with van der Waals surface area (Å²) in [6.07, 6.45) is 1.60. The minimum atomic E-state index is -0.820. The molecule has 2 heterocycles. The fourth-order valence-electron chi connectivity index (χ4n) is 0.860. The lowest BCUT2D eigenvalue weighted by Crippen LogP contribution is -2.31. The number of nitrogens with two attached hydrogens (primary N) is 1. The Morgan fingerprint density at radius 1 is 1.64 bits per heavy atom. The van der Waals surface area contributed by atoms with Crippen molar-refractivity contribution in [2.45, 2.75) is 6.04 Å². The monoisotopic (exact) mass is 210 g/mol. The molecule has 0 saturated heterocycles. The smallest absolute Gasteiger partial charge is 0.274 e. The number of thiazole rings is 1. The molecule has 0 radical (unpaired) electrons. The molecule has 3 N–H and O–H groups in total. The molecule has 72 valence electrons. The standard InChI is InChI=1S/C6H6N6OS/c7-4-3(5(13)11-10-4)9-12-6-8-1-2-14-6/h1-3H,(H2,7,10)(H,11,13). The quantitative estimate of drug-likeness (QED) is 0.671. The average molecular weight is 210 g/mol. The lowest BCUT2D eigenvalue weighted by Gasteiger charge is -1.96. The van der Waals surface area contributed by atoms with Gasteiger partial charge in [-0.15, -0.1) is 16.5 Å². The number of nitrogens with zero attached hydrogens (tertiary/aromatic N) is 4. The molecule has 1 aromatic heterocycles. The number of hydrogen-bond donors (Lipinski definition) is 2. The van der Waals surface area contributed by atoms with Gasteiger partial charge in [-0.25, -0.2) is 10.4 Å². The Hall–Kier alpha value is -1.83. The van der Waals surface area contributed by atoms with Crippen LogP contribution in [0.15, 0.2) is 26.9 Å². The van der Waals surface area contributed by atoms with Gasteiger partial charge in [0.25, 0.3) is 5.91 Å². The Balaban J connectivity index is 2.11. The van der Waals surface area contributed by atoms with Crippen LogP contribution in [0.1, 0.15) is 0 Å². The molecule has 7 nitrogen and oxygen atoms in total. The predicted octanol–water partition coefficient (Wildman–Crippen LogP) is -0.00260. The van der Waals surface area contributed by atoms with Gasteiger partial charge in [0.05, 0.1) is 0 Å². The van der Waals surface area contributed by atoms with E-state index in [-0.39, 0.29) is 11.7 Å². The van der Waals surface area contributed by atoms with Crippen molar-refractivity contribution in [2.75, 3.05) is 0 Å². The van der Waals surface area contributed by atoms with Crippen molar-refractivity contribution in [3.8, 4) is 0 Å². The highest BCUT2D eigenvalue weighted by atomic mass is 32.1. The van der Waals surface area contributed by atoms with Gasteiger partial charge in [0.2, 0.25) is 11.2 Å². The minimum Gasteiger partial charge on any atom is -0.383 e. The molecule has 1 unspecified atom stereocenters. The molecule has 0 bridgehead atoms. The van der Waals surface area contributed by atoms with Crippen molar-refractivity contribution in [1.29, 1.82) is 0 Å². The summed E-state index contributed by atoms with van der Waals surface area (Å²) < 4.78 is 0. The zero-order valence-electron chi connectivity index (χ0n) is 6.91. The fourth-order valence-corrected chi connectivity index (χ4v) is 1.32. The van der Waals surface area contributed by atoms with E-state index >= 15 is 0 Å². The molecule has 0 aromatic carbocycles. The molecular weight excluding hydrogens is 204 g/mol. The number of carbonyl (C=O) groups excluding carboxylic acids is 1. The highest BCUT2D eigenvalue weighted by molar-refractivity contribution is 7.13. The molecule has 0 saturated carbocycles. The second kappa shape index (κ2) is 3.50. The maximum Gasteiger partial charge on any atom is 0.274 e. The summed E-state index contributed by atoms with van der Waals surface area (Å²) in [4.78, 5) is 14.9. The maximum absolute atomic E-state index is 11.1. The molecule has 1 atom stereocenters. The molecule has 0 spiro atoms. The molecule has 1 aliphatic heterocycles. The van der Waals surface area contributed by atoms with Gasteiger partial charge in [0.15, 0.2) is 5.84 Å². The fraction of sp³-hybridized carbons (Fsp3) is 0.167. The van der Waals surface area contributed by atoms with Crippen LogP contribution in [0.4, 0.5) is 5.13 Å². The minimum absolute atomic E-state index is 0.121. The zero-order valence-corrected chi connectivity index (χ0v) is 7.73. The number of nitrogens with one attached hydrogen (secondary N) is 1. The first-order valence-electron chi connectivity index (χ1n) is 3.70. The van der Waals surface area contributed by atoms with Crippen LogP contribution in [0.3, 0.4) is 0 Å². The van der Waals surface area contributed by atoms with Crippen LogP contribution in [-0.4, -0.2) is 22.8 Å². The average Bonchev–Trinajstić information content (AvgIpc) is 2.76. The summed E-state index contributed by atoms with van der Waals surface area (Å²) in [5.74, 6) is -0.252. The number of carbonyl (C=O) groups is 1. The van der Waals surface area contributed by atoms with Crippen molar-refractivity contribution in [2.24, 2.45) is 21.1 Å². The number of hydrogen-bond acceptors (Lipinski definition) is 7. The zero-order chi connectivity index (χ0) is 9.97. The van der Waals surface area contributed by atoms with E-state index in [1.54, 1.807) is 11.6 Å². The van der Waals surface area contributed by atoms with Crippen molar-refractivity contribution in [3.05, 3.63) is 11.6 Å². The van der Waals surface area contributed by atoms with Gasteiger partial charge in [0, 0.05) is 11.6 Å². The van der Waals surface area contributed by atoms with E-state index in [2.05, 4.69) is 25.7 Å². The molecular formula is C6H6N6OS. The first-order valence-corrected chi connectivity index (χ1v) is 4.58. The third-order valence-electron chi connectivity index (χ3n) is 1.50. The number of azo groups is 1. The summed E-state index contributed by atoms with van der Waals surface area (Å²) >= 11 is 1.32. The molecule has 0 aliphatic carbocycles. The number of hydrazone groups is 1. The van der Waals surface area contributed by atoms with E-state index in [9.17, 15) is 4.79 Å². The van der Waals surface area contributed by atoms with Crippen LogP contribution >= 0.6 is 11.3 Å². The number of rotatable bonds is 2. The molecule has 8 heteroatoms. The Morgan fingerprint density at radius 2 is 2.50 bits per heavy atom. The van der Waals surface area contributed by atoms with Crippen LogP contribution in [0.25, 0.3) is 0 Å². The van der Waals surface area contributed by atoms with E-state index in [0.717, 1.165) is 0 Å². The molecule has 14 heavy (non-hydrogen) atoms. The van der Waals surface area contributed by atoms with E-state index < -0.39 is 6.04 Å². The third-order valence-corrected chi connectivity index (χ3v) is 2.16. The van der Waals surface area contributed by atoms with Gasteiger partial charge in [0.1, 0.15) is 0 Å².